The number of rotatable bonds is 2. The van der Waals surface area contributed by atoms with Crippen LogP contribution in [0, 0.1) is 5.82 Å². The van der Waals surface area contributed by atoms with Gasteiger partial charge in [-0.25, -0.2) is 14.2 Å². The number of nitrogens with one attached hydrogen (secondary N) is 2. The van der Waals surface area contributed by atoms with Gasteiger partial charge in [-0.05, 0) is 23.8 Å². The maximum absolute atomic E-state index is 15.1. The van der Waals surface area contributed by atoms with Crippen molar-refractivity contribution in [3.8, 4) is 11.6 Å². The number of carbonyl (C=O) groups is 1. The first-order valence-corrected chi connectivity index (χ1v) is 11.4. The SMILES string of the molecule is O=C1Oc2ncccc2C2c3c(cc(F)c4c3OCC4)N(CC3=CC4NCNC4C=C3Cl)C12. The lowest BCUT2D eigenvalue weighted by Crippen LogP contribution is -2.47. The average Bonchev–Trinajstić information content (AvgIpc) is 3.52. The molecule has 0 radical (unpaired) electrons. The van der Waals surface area contributed by atoms with E-state index in [0.717, 1.165) is 16.7 Å². The smallest absolute Gasteiger partial charge is 0.336 e. The van der Waals surface area contributed by atoms with Gasteiger partial charge in [-0.1, -0.05) is 23.7 Å². The van der Waals surface area contributed by atoms with E-state index in [9.17, 15) is 4.79 Å². The van der Waals surface area contributed by atoms with Gasteiger partial charge in [0.25, 0.3) is 0 Å². The van der Waals surface area contributed by atoms with Gasteiger partial charge in [0.05, 0.1) is 12.5 Å². The highest BCUT2D eigenvalue weighted by atomic mass is 35.5. The molecule has 168 valence electrons. The van der Waals surface area contributed by atoms with Gasteiger partial charge in [0, 0.05) is 65.3 Å². The number of hydrogen-bond acceptors (Lipinski definition) is 7. The number of halogens is 2. The Balaban J connectivity index is 1.39. The van der Waals surface area contributed by atoms with Gasteiger partial charge < -0.3 is 14.4 Å². The van der Waals surface area contributed by atoms with Crippen LogP contribution in [0.25, 0.3) is 0 Å². The van der Waals surface area contributed by atoms with Crippen LogP contribution in [-0.4, -0.2) is 48.9 Å². The zero-order valence-electron chi connectivity index (χ0n) is 17.5. The molecule has 1 aromatic carbocycles. The van der Waals surface area contributed by atoms with Gasteiger partial charge in [0.2, 0.25) is 5.88 Å². The average molecular weight is 467 g/mol. The summed E-state index contributed by atoms with van der Waals surface area (Å²) in [5, 5.41) is 7.35. The molecule has 33 heavy (non-hydrogen) atoms. The van der Waals surface area contributed by atoms with Gasteiger partial charge in [-0.2, -0.15) is 0 Å². The number of carbonyl (C=O) groups excluding carboxylic acids is 1. The summed E-state index contributed by atoms with van der Waals surface area (Å²) in [4.78, 5) is 19.5. The van der Waals surface area contributed by atoms with Crippen LogP contribution in [0.1, 0.15) is 22.6 Å². The van der Waals surface area contributed by atoms with Crippen LogP contribution in [0.3, 0.4) is 0 Å². The lowest BCUT2D eigenvalue weighted by molar-refractivity contribution is -0.137. The first-order chi connectivity index (χ1) is 16.1. The third kappa shape index (κ3) is 2.74. The van der Waals surface area contributed by atoms with Gasteiger partial charge in [-0.15, -0.1) is 0 Å². The fourth-order valence-electron chi connectivity index (χ4n) is 5.75. The summed E-state index contributed by atoms with van der Waals surface area (Å²) in [7, 11) is 0. The second-order valence-electron chi connectivity index (χ2n) is 8.91. The Morgan fingerprint density at radius 3 is 3.00 bits per heavy atom. The number of ether oxygens (including phenoxy) is 2. The fourth-order valence-corrected chi connectivity index (χ4v) is 6.01. The van der Waals surface area contributed by atoms with Gasteiger partial charge >= 0.3 is 5.97 Å². The van der Waals surface area contributed by atoms with Crippen molar-refractivity contribution in [1.29, 1.82) is 0 Å². The second kappa shape index (κ2) is 7.03. The molecule has 2 N–H and O–H groups in total. The molecular weight excluding hydrogens is 447 g/mol. The fraction of sp³-hybridized carbons (Fsp3) is 0.333. The number of fused-ring (bicyclic) bond motifs is 8. The Morgan fingerprint density at radius 2 is 2.12 bits per heavy atom. The molecule has 5 heterocycles. The lowest BCUT2D eigenvalue weighted by atomic mass is 9.85. The van der Waals surface area contributed by atoms with Crippen molar-refractivity contribution in [2.75, 3.05) is 24.7 Å². The Bertz CT molecular complexity index is 1280. The molecule has 4 unspecified atom stereocenters. The second-order valence-corrected chi connectivity index (χ2v) is 9.32. The maximum atomic E-state index is 15.1. The van der Waals surface area contributed by atoms with Crippen molar-refractivity contribution in [1.82, 2.24) is 15.6 Å². The summed E-state index contributed by atoms with van der Waals surface area (Å²) in [5.74, 6) is -0.238. The predicted molar refractivity (Wildman–Crippen MR) is 119 cm³/mol. The molecule has 0 spiro atoms. The highest BCUT2D eigenvalue weighted by Gasteiger charge is 2.52. The molecule has 0 bridgehead atoms. The third-order valence-corrected chi connectivity index (χ3v) is 7.58. The molecule has 1 fully saturated rings. The number of hydrogen-bond donors (Lipinski definition) is 2. The predicted octanol–water partition coefficient (Wildman–Crippen LogP) is 2.35. The highest BCUT2D eigenvalue weighted by molar-refractivity contribution is 6.32. The van der Waals surface area contributed by atoms with E-state index in [-0.39, 0.29) is 23.8 Å². The van der Waals surface area contributed by atoms with Crippen LogP contribution in [0.5, 0.6) is 11.6 Å². The molecule has 0 saturated carbocycles. The zero-order chi connectivity index (χ0) is 22.3. The van der Waals surface area contributed by atoms with Crippen molar-refractivity contribution >= 4 is 23.3 Å². The summed E-state index contributed by atoms with van der Waals surface area (Å²) >= 11 is 6.65. The minimum Gasteiger partial charge on any atom is -0.492 e. The molecule has 4 atom stereocenters. The molecule has 0 amide bonds. The van der Waals surface area contributed by atoms with Crippen molar-refractivity contribution in [3.05, 3.63) is 69.7 Å². The van der Waals surface area contributed by atoms with Gasteiger partial charge in [0.1, 0.15) is 17.6 Å². The monoisotopic (exact) mass is 466 g/mol. The number of esters is 1. The summed E-state index contributed by atoms with van der Waals surface area (Å²) in [5.41, 5.74) is 3.72. The Labute approximate surface area is 194 Å². The van der Waals surface area contributed by atoms with Crippen LogP contribution in [0.4, 0.5) is 10.1 Å². The van der Waals surface area contributed by atoms with E-state index < -0.39 is 12.0 Å². The van der Waals surface area contributed by atoms with E-state index in [1.54, 1.807) is 6.20 Å². The highest BCUT2D eigenvalue weighted by Crippen LogP contribution is 2.55. The molecule has 1 aromatic heterocycles. The van der Waals surface area contributed by atoms with Crippen molar-refractivity contribution in [2.45, 2.75) is 30.5 Å². The van der Waals surface area contributed by atoms with Crippen molar-refractivity contribution in [2.24, 2.45) is 0 Å². The Kier molecular flexibility index (Phi) is 4.16. The quantitative estimate of drug-likeness (QED) is 0.658. The normalized spacial score (nSPS) is 28.7. The topological polar surface area (TPSA) is 75.7 Å². The van der Waals surface area contributed by atoms with E-state index >= 15 is 4.39 Å². The molecule has 1 aliphatic carbocycles. The number of nitrogens with zero attached hydrogens (tertiary/aromatic N) is 2. The molecule has 5 aliphatic rings. The molecule has 7 nitrogen and oxygen atoms in total. The van der Waals surface area contributed by atoms with E-state index in [2.05, 4.69) is 21.7 Å². The molecular formula is C24H20ClFN4O3. The minimum absolute atomic E-state index is 0.115. The largest absolute Gasteiger partial charge is 0.492 e. The molecule has 7 rings (SSSR count). The van der Waals surface area contributed by atoms with Crippen LogP contribution in [0.15, 0.2) is 47.2 Å². The Morgan fingerprint density at radius 1 is 1.27 bits per heavy atom. The standard InChI is InChI=1S/C24H20ClFN4O3/c25-14-7-17-16(28-10-29-17)6-11(14)9-30-18-8-15(26)12-3-5-32-22(12)20(18)19-13-2-1-4-27-23(13)33-24(31)21(19)30/h1-2,4,6-8,16-17,19,21,28-29H,3,5,9-10H2. The summed E-state index contributed by atoms with van der Waals surface area (Å²) < 4.78 is 26.7. The third-order valence-electron chi connectivity index (χ3n) is 7.21. The van der Waals surface area contributed by atoms with Crippen LogP contribution in [0.2, 0.25) is 0 Å². The maximum Gasteiger partial charge on any atom is 0.336 e. The Hall–Kier alpha value is -2.94. The number of anilines is 1. The van der Waals surface area contributed by atoms with Gasteiger partial charge in [0.15, 0.2) is 0 Å². The van der Waals surface area contributed by atoms with E-state index in [1.165, 1.54) is 6.07 Å². The first-order valence-electron chi connectivity index (χ1n) is 11.1. The van der Waals surface area contributed by atoms with E-state index in [1.807, 2.05) is 23.1 Å². The molecule has 1 saturated heterocycles. The summed E-state index contributed by atoms with van der Waals surface area (Å²) in [6.45, 7) is 1.46. The zero-order valence-corrected chi connectivity index (χ0v) is 18.2. The molecule has 4 aliphatic heterocycles. The van der Waals surface area contributed by atoms with Crippen LogP contribution in [-0.2, 0) is 11.2 Å². The molecule has 9 heteroatoms. The van der Waals surface area contributed by atoms with E-state index in [4.69, 9.17) is 21.1 Å². The van der Waals surface area contributed by atoms with E-state index in [0.29, 0.717) is 54.2 Å². The number of pyridine rings is 1. The van der Waals surface area contributed by atoms with Crippen molar-refractivity contribution < 1.29 is 18.7 Å². The van der Waals surface area contributed by atoms with Crippen LogP contribution < -0.4 is 25.0 Å². The van der Waals surface area contributed by atoms with Gasteiger partial charge in [-0.3, -0.25) is 10.6 Å². The summed E-state index contributed by atoms with van der Waals surface area (Å²) in [6.07, 6.45) is 6.18. The number of aromatic nitrogens is 1. The van der Waals surface area contributed by atoms with Crippen molar-refractivity contribution in [3.63, 3.8) is 0 Å². The first kappa shape index (κ1) is 19.5. The minimum atomic E-state index is -0.662. The van der Waals surface area contributed by atoms with Crippen LogP contribution >= 0.6 is 11.6 Å². The lowest BCUT2D eigenvalue weighted by Gasteiger charge is -2.33. The molecule has 2 aromatic rings. The summed E-state index contributed by atoms with van der Waals surface area (Å²) in [6, 6.07) is 4.85. The number of benzene rings is 1.